The third kappa shape index (κ3) is 4.55. The highest BCUT2D eigenvalue weighted by molar-refractivity contribution is 5.51. The third-order valence-electron chi connectivity index (χ3n) is 5.06. The fourth-order valence-corrected chi connectivity index (χ4v) is 3.38. The van der Waals surface area contributed by atoms with Crippen LogP contribution >= 0.6 is 0 Å². The molecule has 0 amide bonds. The number of halogens is 1. The van der Waals surface area contributed by atoms with Crippen LogP contribution in [0.5, 0.6) is 0 Å². The molecular weight excluding hydrogens is 359 g/mol. The van der Waals surface area contributed by atoms with E-state index in [0.717, 1.165) is 39.1 Å². The molecule has 0 bridgehead atoms. The van der Waals surface area contributed by atoms with Crippen molar-refractivity contribution in [2.75, 3.05) is 32.7 Å². The van der Waals surface area contributed by atoms with Crippen LogP contribution in [0.4, 0.5) is 4.39 Å². The average molecular weight is 382 g/mol. The second kappa shape index (κ2) is 8.50. The van der Waals surface area contributed by atoms with Crippen molar-refractivity contribution in [2.45, 2.75) is 13.1 Å². The Bertz CT molecular complexity index is 945. The molecule has 1 aromatic heterocycles. The van der Waals surface area contributed by atoms with E-state index in [1.165, 1.54) is 22.4 Å². The lowest BCUT2D eigenvalue weighted by atomic mass is 10.1. The number of benzene rings is 2. The number of rotatable bonds is 6. The first-order valence-corrected chi connectivity index (χ1v) is 9.50. The Labute approximate surface area is 162 Å². The molecule has 0 unspecified atom stereocenters. The summed E-state index contributed by atoms with van der Waals surface area (Å²) in [6, 6.07) is 16.2. The molecule has 0 aliphatic carbocycles. The minimum absolute atomic E-state index is 0.214. The van der Waals surface area contributed by atoms with E-state index >= 15 is 0 Å². The highest BCUT2D eigenvalue weighted by Gasteiger charge is 2.19. The minimum Gasteiger partial charge on any atom is -0.388 e. The number of hydrogen-bond donors (Lipinski definition) is 0. The van der Waals surface area contributed by atoms with Gasteiger partial charge in [0, 0.05) is 38.3 Å². The fraction of sp³-hybridized carbons (Fsp3) is 0.333. The first-order chi connectivity index (χ1) is 13.7. The summed E-state index contributed by atoms with van der Waals surface area (Å²) in [5, 5.41) is 4.26. The Morgan fingerprint density at radius 2 is 1.61 bits per heavy atom. The smallest absolute Gasteiger partial charge is 0.388 e. The molecule has 0 saturated carbocycles. The van der Waals surface area contributed by atoms with Crippen LogP contribution in [0.3, 0.4) is 0 Å². The van der Waals surface area contributed by atoms with E-state index in [-0.39, 0.29) is 11.7 Å². The minimum atomic E-state index is -0.495. The van der Waals surface area contributed by atoms with Gasteiger partial charge in [0.05, 0.1) is 0 Å². The van der Waals surface area contributed by atoms with Crippen molar-refractivity contribution in [3.05, 3.63) is 76.5 Å². The molecule has 0 radical (unpaired) electrons. The molecular formula is C21H23FN4O2. The van der Waals surface area contributed by atoms with Gasteiger partial charge in [0.15, 0.2) is 0 Å². The number of piperazine rings is 1. The molecule has 1 aliphatic heterocycles. The monoisotopic (exact) mass is 382 g/mol. The molecule has 3 aromatic rings. The molecule has 146 valence electrons. The topological polar surface area (TPSA) is 54.5 Å². The summed E-state index contributed by atoms with van der Waals surface area (Å²) in [4.78, 5) is 16.7. The van der Waals surface area contributed by atoms with Gasteiger partial charge in [0.1, 0.15) is 12.5 Å². The van der Waals surface area contributed by atoms with Gasteiger partial charge in [-0.25, -0.2) is 9.18 Å². The van der Waals surface area contributed by atoms with Crippen LogP contribution in [0, 0.1) is 5.82 Å². The van der Waals surface area contributed by atoms with Gasteiger partial charge in [-0.1, -0.05) is 30.3 Å². The molecule has 2 aromatic carbocycles. The highest BCUT2D eigenvalue weighted by Crippen LogP contribution is 2.16. The predicted molar refractivity (Wildman–Crippen MR) is 104 cm³/mol. The van der Waals surface area contributed by atoms with Crippen LogP contribution in [0.1, 0.15) is 5.56 Å². The molecule has 4 rings (SSSR count). The van der Waals surface area contributed by atoms with Gasteiger partial charge in [0.2, 0.25) is 5.89 Å². The van der Waals surface area contributed by atoms with E-state index in [9.17, 15) is 9.18 Å². The summed E-state index contributed by atoms with van der Waals surface area (Å²) in [5.74, 6) is -0.618. The lowest BCUT2D eigenvalue weighted by molar-refractivity contribution is 0.101. The molecule has 6 nitrogen and oxygen atoms in total. The zero-order chi connectivity index (χ0) is 19.3. The maximum absolute atomic E-state index is 13.1. The van der Waals surface area contributed by atoms with Crippen LogP contribution in [0.15, 0.2) is 63.8 Å². The Hall–Kier alpha value is -2.77. The number of aromatic nitrogens is 2. The van der Waals surface area contributed by atoms with Crippen molar-refractivity contribution in [2.24, 2.45) is 0 Å². The van der Waals surface area contributed by atoms with Crippen molar-refractivity contribution in [1.29, 1.82) is 0 Å². The van der Waals surface area contributed by atoms with Gasteiger partial charge >= 0.3 is 5.76 Å². The maximum Gasteiger partial charge on any atom is 0.438 e. The molecule has 2 heterocycles. The predicted octanol–water partition coefficient (Wildman–Crippen LogP) is 2.46. The van der Waals surface area contributed by atoms with Crippen LogP contribution < -0.4 is 5.76 Å². The molecule has 1 fully saturated rings. The fourth-order valence-electron chi connectivity index (χ4n) is 3.38. The molecule has 0 spiro atoms. The van der Waals surface area contributed by atoms with Gasteiger partial charge < -0.3 is 9.32 Å². The average Bonchev–Trinajstić information content (AvgIpc) is 3.09. The van der Waals surface area contributed by atoms with E-state index in [0.29, 0.717) is 12.2 Å². The summed E-state index contributed by atoms with van der Waals surface area (Å²) in [7, 11) is 0. The molecule has 1 aliphatic rings. The van der Waals surface area contributed by atoms with E-state index in [2.05, 4.69) is 39.2 Å². The first kappa shape index (κ1) is 18.6. The molecule has 7 heteroatoms. The second-order valence-corrected chi connectivity index (χ2v) is 7.02. The van der Waals surface area contributed by atoms with Crippen molar-refractivity contribution in [3.8, 4) is 11.5 Å². The first-order valence-electron chi connectivity index (χ1n) is 9.50. The Morgan fingerprint density at radius 1 is 0.929 bits per heavy atom. The van der Waals surface area contributed by atoms with E-state index < -0.39 is 5.76 Å². The standard InChI is InChI=1S/C21H23FN4O2/c22-19-8-6-18(7-9-19)20-23-26(21(27)28-20)16-25-14-12-24(13-15-25)11-10-17-4-2-1-3-5-17/h1-9H,10-16H2. The quantitative estimate of drug-likeness (QED) is 0.656. The Balaban J connectivity index is 1.30. The van der Waals surface area contributed by atoms with Crippen molar-refractivity contribution in [3.63, 3.8) is 0 Å². The summed E-state index contributed by atoms with van der Waals surface area (Å²) in [5.41, 5.74) is 1.94. The number of hydrogen-bond acceptors (Lipinski definition) is 5. The van der Waals surface area contributed by atoms with E-state index in [1.54, 1.807) is 12.1 Å². The largest absolute Gasteiger partial charge is 0.438 e. The summed E-state index contributed by atoms with van der Waals surface area (Å²) >= 11 is 0. The zero-order valence-corrected chi connectivity index (χ0v) is 15.6. The van der Waals surface area contributed by atoms with Crippen LogP contribution in [0.2, 0.25) is 0 Å². The van der Waals surface area contributed by atoms with Gasteiger partial charge in [-0.2, -0.15) is 4.68 Å². The Morgan fingerprint density at radius 3 is 2.32 bits per heavy atom. The van der Waals surface area contributed by atoms with E-state index in [4.69, 9.17) is 4.42 Å². The molecule has 0 N–H and O–H groups in total. The molecule has 28 heavy (non-hydrogen) atoms. The SMILES string of the molecule is O=c1oc(-c2ccc(F)cc2)nn1CN1CCN(CCc2ccccc2)CC1. The van der Waals surface area contributed by atoms with Gasteiger partial charge in [-0.3, -0.25) is 4.90 Å². The summed E-state index contributed by atoms with van der Waals surface area (Å²) < 4.78 is 19.6. The van der Waals surface area contributed by atoms with Gasteiger partial charge in [-0.15, -0.1) is 5.10 Å². The van der Waals surface area contributed by atoms with Crippen molar-refractivity contribution < 1.29 is 8.81 Å². The zero-order valence-electron chi connectivity index (χ0n) is 15.6. The highest BCUT2D eigenvalue weighted by atomic mass is 19.1. The second-order valence-electron chi connectivity index (χ2n) is 7.02. The van der Waals surface area contributed by atoms with Crippen molar-refractivity contribution >= 4 is 0 Å². The van der Waals surface area contributed by atoms with Crippen LogP contribution in [-0.2, 0) is 13.1 Å². The normalized spacial score (nSPS) is 15.8. The van der Waals surface area contributed by atoms with Gasteiger partial charge in [0.25, 0.3) is 0 Å². The van der Waals surface area contributed by atoms with Crippen LogP contribution in [-0.4, -0.2) is 52.3 Å². The summed E-state index contributed by atoms with van der Waals surface area (Å²) in [6.07, 6.45) is 1.05. The molecule has 1 saturated heterocycles. The molecule has 0 atom stereocenters. The lowest BCUT2D eigenvalue weighted by Gasteiger charge is -2.34. The van der Waals surface area contributed by atoms with Crippen LogP contribution in [0.25, 0.3) is 11.5 Å². The summed E-state index contributed by atoms with van der Waals surface area (Å²) in [6.45, 7) is 5.11. The third-order valence-corrected chi connectivity index (χ3v) is 5.06. The van der Waals surface area contributed by atoms with E-state index in [1.807, 2.05) is 6.07 Å². The van der Waals surface area contributed by atoms with Crippen molar-refractivity contribution in [1.82, 2.24) is 19.6 Å². The Kier molecular flexibility index (Phi) is 5.64. The maximum atomic E-state index is 13.1. The number of nitrogens with zero attached hydrogens (tertiary/aromatic N) is 4. The lowest BCUT2D eigenvalue weighted by Crippen LogP contribution is -2.48. The van der Waals surface area contributed by atoms with Gasteiger partial charge in [-0.05, 0) is 36.2 Å².